The molecule has 1 rings (SSSR count). The van der Waals surface area contributed by atoms with Crippen molar-refractivity contribution in [3.63, 3.8) is 0 Å². The molecule has 0 spiro atoms. The Hall–Kier alpha value is -1.14. The third-order valence-corrected chi connectivity index (χ3v) is 3.24. The highest BCUT2D eigenvalue weighted by molar-refractivity contribution is 5.81. The highest BCUT2D eigenvalue weighted by Crippen LogP contribution is 2.20. The van der Waals surface area contributed by atoms with Crippen molar-refractivity contribution in [2.45, 2.75) is 51.7 Å². The Morgan fingerprint density at radius 1 is 1.33 bits per heavy atom. The number of likely N-dealkylation sites (tertiary alicyclic amines) is 1. The summed E-state index contributed by atoms with van der Waals surface area (Å²) in [7, 11) is 1.64. The molecule has 1 N–H and O–H groups in total. The van der Waals surface area contributed by atoms with Crippen LogP contribution in [0.5, 0.6) is 0 Å². The van der Waals surface area contributed by atoms with Gasteiger partial charge in [0.05, 0.1) is 6.54 Å². The first kappa shape index (κ1) is 17.9. The van der Waals surface area contributed by atoms with E-state index in [1.807, 2.05) is 25.7 Å². The molecule has 1 atom stereocenters. The van der Waals surface area contributed by atoms with E-state index >= 15 is 0 Å². The average Bonchev–Trinajstić information content (AvgIpc) is 2.81. The van der Waals surface area contributed by atoms with Crippen LogP contribution in [-0.4, -0.2) is 61.8 Å². The van der Waals surface area contributed by atoms with Crippen molar-refractivity contribution in [2.24, 2.45) is 0 Å². The first-order valence-corrected chi connectivity index (χ1v) is 7.56. The van der Waals surface area contributed by atoms with Crippen LogP contribution in [0.25, 0.3) is 0 Å². The zero-order chi connectivity index (χ0) is 15.9. The van der Waals surface area contributed by atoms with Gasteiger partial charge in [-0.1, -0.05) is 0 Å². The molecule has 0 aromatic rings. The number of ether oxygens (including phenoxy) is 2. The second-order valence-corrected chi connectivity index (χ2v) is 6.36. The number of methoxy groups -OCH3 is 1. The van der Waals surface area contributed by atoms with Crippen LogP contribution in [0.15, 0.2) is 0 Å². The molecule has 1 amide bonds. The van der Waals surface area contributed by atoms with Gasteiger partial charge >= 0.3 is 5.97 Å². The molecule has 0 saturated carbocycles. The van der Waals surface area contributed by atoms with Gasteiger partial charge in [-0.15, -0.1) is 0 Å². The number of hydrogen-bond donors (Lipinski definition) is 1. The van der Waals surface area contributed by atoms with Gasteiger partial charge in [0.1, 0.15) is 11.6 Å². The molecule has 1 saturated heterocycles. The normalized spacial score (nSPS) is 19.5. The summed E-state index contributed by atoms with van der Waals surface area (Å²) in [4.78, 5) is 25.9. The maximum Gasteiger partial charge on any atom is 0.323 e. The Morgan fingerprint density at radius 3 is 2.67 bits per heavy atom. The van der Waals surface area contributed by atoms with Crippen LogP contribution >= 0.6 is 0 Å². The zero-order valence-electron chi connectivity index (χ0n) is 13.6. The maximum absolute atomic E-state index is 12.1. The van der Waals surface area contributed by atoms with Crippen LogP contribution in [0.1, 0.15) is 40.0 Å². The lowest BCUT2D eigenvalue weighted by atomic mass is 10.1. The first-order chi connectivity index (χ1) is 9.83. The maximum atomic E-state index is 12.1. The van der Waals surface area contributed by atoms with Crippen molar-refractivity contribution >= 4 is 11.9 Å². The molecule has 0 aliphatic carbocycles. The van der Waals surface area contributed by atoms with Crippen LogP contribution in [0.3, 0.4) is 0 Å². The number of nitrogens with one attached hydrogen (secondary N) is 1. The van der Waals surface area contributed by atoms with Gasteiger partial charge in [0, 0.05) is 20.3 Å². The third kappa shape index (κ3) is 6.91. The number of esters is 1. The van der Waals surface area contributed by atoms with Gasteiger partial charge in [-0.3, -0.25) is 14.5 Å². The molecule has 1 aliphatic heterocycles. The lowest BCUT2D eigenvalue weighted by Crippen LogP contribution is -2.45. The van der Waals surface area contributed by atoms with Gasteiger partial charge < -0.3 is 14.8 Å². The van der Waals surface area contributed by atoms with Crippen molar-refractivity contribution in [2.75, 3.05) is 33.4 Å². The van der Waals surface area contributed by atoms with Crippen LogP contribution in [0.4, 0.5) is 0 Å². The summed E-state index contributed by atoms with van der Waals surface area (Å²) >= 11 is 0. The molecule has 6 nitrogen and oxygen atoms in total. The number of nitrogens with zero attached hydrogens (tertiary/aromatic N) is 1. The highest BCUT2D eigenvalue weighted by Gasteiger charge is 2.34. The van der Waals surface area contributed by atoms with Crippen LogP contribution in [0.2, 0.25) is 0 Å². The van der Waals surface area contributed by atoms with Crippen LogP contribution in [-0.2, 0) is 19.1 Å². The highest BCUT2D eigenvalue weighted by atomic mass is 16.6. The number of carbonyl (C=O) groups is 2. The lowest BCUT2D eigenvalue weighted by molar-refractivity contribution is -0.160. The number of hydrogen-bond acceptors (Lipinski definition) is 5. The summed E-state index contributed by atoms with van der Waals surface area (Å²) in [6, 6.07) is -0.297. The van der Waals surface area contributed by atoms with Crippen LogP contribution < -0.4 is 5.32 Å². The van der Waals surface area contributed by atoms with E-state index in [0.29, 0.717) is 13.2 Å². The summed E-state index contributed by atoms with van der Waals surface area (Å²) in [5.41, 5.74) is -0.492. The van der Waals surface area contributed by atoms with Crippen molar-refractivity contribution in [3.05, 3.63) is 0 Å². The minimum absolute atomic E-state index is 0.0541. The predicted molar refractivity (Wildman–Crippen MR) is 79.9 cm³/mol. The van der Waals surface area contributed by atoms with E-state index in [1.165, 1.54) is 0 Å². The second kappa shape index (κ2) is 8.34. The molecule has 0 aromatic carbocycles. The Bertz CT molecular complexity index is 352. The largest absolute Gasteiger partial charge is 0.459 e. The molecule has 6 heteroatoms. The molecule has 0 aromatic heterocycles. The van der Waals surface area contributed by atoms with E-state index in [1.54, 1.807) is 7.11 Å². The van der Waals surface area contributed by atoms with E-state index in [9.17, 15) is 9.59 Å². The topological polar surface area (TPSA) is 67.9 Å². The quantitative estimate of drug-likeness (QED) is 0.560. The summed E-state index contributed by atoms with van der Waals surface area (Å²) in [6.07, 6.45) is 2.46. The number of rotatable bonds is 7. The predicted octanol–water partition coefficient (Wildman–Crippen LogP) is 0.945. The fourth-order valence-corrected chi connectivity index (χ4v) is 2.34. The van der Waals surface area contributed by atoms with Crippen LogP contribution in [0, 0.1) is 0 Å². The monoisotopic (exact) mass is 300 g/mol. The Labute approximate surface area is 127 Å². The number of carbonyl (C=O) groups excluding carboxylic acids is 2. The van der Waals surface area contributed by atoms with Gasteiger partial charge in [-0.2, -0.15) is 0 Å². The minimum Gasteiger partial charge on any atom is -0.459 e. The smallest absolute Gasteiger partial charge is 0.323 e. The van der Waals surface area contributed by atoms with Gasteiger partial charge in [0.25, 0.3) is 0 Å². The molecule has 1 aliphatic rings. The average molecular weight is 300 g/mol. The standard InChI is InChI=1S/C15H28N2O4/c1-15(2,3)21-14(19)12-7-5-9-17(12)11-13(18)16-8-6-10-20-4/h12H,5-11H2,1-4H3,(H,16,18)/t12-/m0/s1. The molecule has 0 radical (unpaired) electrons. The van der Waals surface area contributed by atoms with Gasteiger partial charge in [-0.05, 0) is 46.6 Å². The van der Waals surface area contributed by atoms with E-state index in [-0.39, 0.29) is 24.5 Å². The fraction of sp³-hybridized carbons (Fsp3) is 0.867. The Kier molecular flexibility index (Phi) is 7.11. The summed E-state index contributed by atoms with van der Waals surface area (Å²) in [5, 5.41) is 2.84. The van der Waals surface area contributed by atoms with Gasteiger partial charge in [0.15, 0.2) is 0 Å². The Balaban J connectivity index is 2.39. The SMILES string of the molecule is COCCCNC(=O)CN1CCC[C@H]1C(=O)OC(C)(C)C. The molecular weight excluding hydrogens is 272 g/mol. The summed E-state index contributed by atoms with van der Waals surface area (Å²) in [5.74, 6) is -0.284. The van der Waals surface area contributed by atoms with E-state index < -0.39 is 5.60 Å². The molecular formula is C15H28N2O4. The minimum atomic E-state index is -0.492. The molecule has 0 bridgehead atoms. The second-order valence-electron chi connectivity index (χ2n) is 6.36. The van der Waals surface area contributed by atoms with Crippen molar-refractivity contribution in [3.8, 4) is 0 Å². The van der Waals surface area contributed by atoms with E-state index in [4.69, 9.17) is 9.47 Å². The fourth-order valence-electron chi connectivity index (χ4n) is 2.34. The molecule has 1 fully saturated rings. The van der Waals surface area contributed by atoms with Crippen molar-refractivity contribution in [1.82, 2.24) is 10.2 Å². The van der Waals surface area contributed by atoms with Gasteiger partial charge in [0.2, 0.25) is 5.91 Å². The van der Waals surface area contributed by atoms with Crippen molar-refractivity contribution < 1.29 is 19.1 Å². The van der Waals surface area contributed by atoms with E-state index in [0.717, 1.165) is 25.8 Å². The molecule has 1 heterocycles. The third-order valence-electron chi connectivity index (χ3n) is 3.24. The first-order valence-electron chi connectivity index (χ1n) is 7.56. The molecule has 21 heavy (non-hydrogen) atoms. The summed E-state index contributed by atoms with van der Waals surface area (Å²) < 4.78 is 10.3. The number of amides is 1. The Morgan fingerprint density at radius 2 is 2.05 bits per heavy atom. The molecule has 0 unspecified atom stereocenters. The van der Waals surface area contributed by atoms with Gasteiger partial charge in [-0.25, -0.2) is 0 Å². The van der Waals surface area contributed by atoms with Crippen molar-refractivity contribution in [1.29, 1.82) is 0 Å². The van der Waals surface area contributed by atoms with E-state index in [2.05, 4.69) is 5.32 Å². The molecule has 122 valence electrons. The summed E-state index contributed by atoms with van der Waals surface area (Å²) in [6.45, 7) is 7.79. The zero-order valence-corrected chi connectivity index (χ0v) is 13.6. The lowest BCUT2D eigenvalue weighted by Gasteiger charge is -2.26.